The molecule has 2 atom stereocenters. The zero-order chi connectivity index (χ0) is 13.7. The highest BCUT2D eigenvalue weighted by Crippen LogP contribution is 2.31. The second-order valence-corrected chi connectivity index (χ2v) is 6.42. The van der Waals surface area contributed by atoms with Crippen LogP contribution in [-0.4, -0.2) is 13.6 Å². The summed E-state index contributed by atoms with van der Waals surface area (Å²) in [5.74, 6) is 1.74. The van der Waals surface area contributed by atoms with Gasteiger partial charge in [0.05, 0.1) is 0 Å². The first-order chi connectivity index (χ1) is 9.19. The minimum absolute atomic E-state index is 0.869. The van der Waals surface area contributed by atoms with E-state index in [1.165, 1.54) is 56.2 Å². The van der Waals surface area contributed by atoms with E-state index in [0.717, 1.165) is 11.8 Å². The number of nitrogens with one attached hydrogen (secondary N) is 1. The molecular formula is C18H29N. The highest BCUT2D eigenvalue weighted by Gasteiger charge is 2.23. The molecule has 1 aliphatic carbocycles. The summed E-state index contributed by atoms with van der Waals surface area (Å²) >= 11 is 0. The number of hydrogen-bond donors (Lipinski definition) is 1. The normalized spacial score (nSPS) is 24.2. The zero-order valence-corrected chi connectivity index (χ0v) is 12.8. The van der Waals surface area contributed by atoms with Gasteiger partial charge in [-0.3, -0.25) is 0 Å². The van der Waals surface area contributed by atoms with Crippen molar-refractivity contribution in [2.24, 2.45) is 11.8 Å². The highest BCUT2D eigenvalue weighted by molar-refractivity contribution is 5.28. The van der Waals surface area contributed by atoms with Crippen molar-refractivity contribution in [2.45, 2.75) is 52.4 Å². The lowest BCUT2D eigenvalue weighted by molar-refractivity contribution is 0.304. The van der Waals surface area contributed by atoms with Gasteiger partial charge in [-0.25, -0.2) is 0 Å². The predicted octanol–water partition coefficient (Wildman–Crippen LogP) is 4.26. The molecule has 1 heteroatoms. The van der Waals surface area contributed by atoms with Crippen LogP contribution in [0.5, 0.6) is 0 Å². The molecule has 1 N–H and O–H groups in total. The standard InChI is InChI=1S/C18H29N/c1-14-9-15(2)11-16(10-14)12-17-7-5-4-6-8-18(17)13-19-3/h9-11,17-19H,4-8,12-13H2,1-3H3. The van der Waals surface area contributed by atoms with Gasteiger partial charge in [-0.15, -0.1) is 0 Å². The first kappa shape index (κ1) is 14.6. The van der Waals surface area contributed by atoms with Gasteiger partial charge in [0, 0.05) is 0 Å². The molecule has 0 aromatic heterocycles. The molecular weight excluding hydrogens is 230 g/mol. The molecule has 0 bridgehead atoms. The molecule has 19 heavy (non-hydrogen) atoms. The predicted molar refractivity (Wildman–Crippen MR) is 83.6 cm³/mol. The zero-order valence-electron chi connectivity index (χ0n) is 12.8. The molecule has 0 amide bonds. The molecule has 2 unspecified atom stereocenters. The van der Waals surface area contributed by atoms with Crippen LogP contribution in [0, 0.1) is 25.7 Å². The van der Waals surface area contributed by atoms with Crippen molar-refractivity contribution in [3.63, 3.8) is 0 Å². The average Bonchev–Trinajstić information content (AvgIpc) is 2.55. The molecule has 0 spiro atoms. The first-order valence-corrected chi connectivity index (χ1v) is 7.91. The Labute approximate surface area is 118 Å². The largest absolute Gasteiger partial charge is 0.319 e. The fourth-order valence-corrected chi connectivity index (χ4v) is 3.75. The van der Waals surface area contributed by atoms with Crippen LogP contribution in [0.3, 0.4) is 0 Å². The third-order valence-electron chi connectivity index (χ3n) is 4.56. The van der Waals surface area contributed by atoms with Crippen molar-refractivity contribution in [2.75, 3.05) is 13.6 Å². The molecule has 0 saturated heterocycles. The fraction of sp³-hybridized carbons (Fsp3) is 0.667. The van der Waals surface area contributed by atoms with Gasteiger partial charge >= 0.3 is 0 Å². The summed E-state index contributed by atoms with van der Waals surface area (Å²) in [6, 6.07) is 7.05. The molecule has 1 saturated carbocycles. The Balaban J connectivity index is 2.08. The van der Waals surface area contributed by atoms with Crippen LogP contribution < -0.4 is 5.32 Å². The summed E-state index contributed by atoms with van der Waals surface area (Å²) in [5, 5.41) is 3.40. The van der Waals surface area contributed by atoms with Gasteiger partial charge in [0.2, 0.25) is 0 Å². The third-order valence-corrected chi connectivity index (χ3v) is 4.56. The average molecular weight is 259 g/mol. The molecule has 1 aromatic carbocycles. The Bertz CT molecular complexity index is 376. The van der Waals surface area contributed by atoms with Gasteiger partial charge in [-0.2, -0.15) is 0 Å². The van der Waals surface area contributed by atoms with Gasteiger partial charge in [-0.05, 0) is 64.1 Å². The van der Waals surface area contributed by atoms with E-state index in [9.17, 15) is 0 Å². The van der Waals surface area contributed by atoms with E-state index in [0.29, 0.717) is 0 Å². The Hall–Kier alpha value is -0.820. The summed E-state index contributed by atoms with van der Waals surface area (Å²) in [6.07, 6.45) is 8.39. The highest BCUT2D eigenvalue weighted by atomic mass is 14.8. The van der Waals surface area contributed by atoms with Crippen LogP contribution in [-0.2, 0) is 6.42 Å². The fourth-order valence-electron chi connectivity index (χ4n) is 3.75. The Kier molecular flexibility index (Phi) is 5.45. The van der Waals surface area contributed by atoms with Crippen molar-refractivity contribution in [3.8, 4) is 0 Å². The number of hydrogen-bond acceptors (Lipinski definition) is 1. The SMILES string of the molecule is CNCC1CCCCCC1Cc1cc(C)cc(C)c1. The van der Waals surface area contributed by atoms with Crippen molar-refractivity contribution in [1.82, 2.24) is 5.32 Å². The van der Waals surface area contributed by atoms with E-state index >= 15 is 0 Å². The van der Waals surface area contributed by atoms with Gasteiger partial charge in [0.25, 0.3) is 0 Å². The molecule has 1 aromatic rings. The molecule has 0 heterocycles. The Morgan fingerprint density at radius 3 is 2.21 bits per heavy atom. The summed E-state index contributed by atoms with van der Waals surface area (Å²) < 4.78 is 0. The molecule has 106 valence electrons. The van der Waals surface area contributed by atoms with Crippen molar-refractivity contribution in [1.29, 1.82) is 0 Å². The van der Waals surface area contributed by atoms with E-state index in [1.807, 2.05) is 0 Å². The molecule has 1 nitrogen and oxygen atoms in total. The van der Waals surface area contributed by atoms with Crippen LogP contribution >= 0.6 is 0 Å². The molecule has 0 aliphatic heterocycles. The van der Waals surface area contributed by atoms with Crippen molar-refractivity contribution < 1.29 is 0 Å². The maximum absolute atomic E-state index is 3.40. The topological polar surface area (TPSA) is 12.0 Å². The van der Waals surface area contributed by atoms with Crippen LogP contribution in [0.2, 0.25) is 0 Å². The van der Waals surface area contributed by atoms with Crippen LogP contribution in [0.4, 0.5) is 0 Å². The van der Waals surface area contributed by atoms with Crippen molar-refractivity contribution in [3.05, 3.63) is 34.9 Å². The lowest BCUT2D eigenvalue weighted by Crippen LogP contribution is -2.26. The van der Waals surface area contributed by atoms with E-state index < -0.39 is 0 Å². The summed E-state index contributed by atoms with van der Waals surface area (Å²) in [6.45, 7) is 5.62. The molecule has 2 rings (SSSR count). The van der Waals surface area contributed by atoms with Gasteiger partial charge in [0.15, 0.2) is 0 Å². The Morgan fingerprint density at radius 1 is 0.947 bits per heavy atom. The summed E-state index contributed by atoms with van der Waals surface area (Å²) in [4.78, 5) is 0. The van der Waals surface area contributed by atoms with E-state index in [4.69, 9.17) is 0 Å². The van der Waals surface area contributed by atoms with Crippen LogP contribution in [0.15, 0.2) is 18.2 Å². The lowest BCUT2D eigenvalue weighted by atomic mass is 9.82. The van der Waals surface area contributed by atoms with E-state index in [2.05, 4.69) is 44.4 Å². The van der Waals surface area contributed by atoms with Crippen molar-refractivity contribution >= 4 is 0 Å². The minimum atomic E-state index is 0.869. The van der Waals surface area contributed by atoms with Gasteiger partial charge < -0.3 is 5.32 Å². The quantitative estimate of drug-likeness (QED) is 0.797. The second-order valence-electron chi connectivity index (χ2n) is 6.42. The summed E-state index contributed by atoms with van der Waals surface area (Å²) in [5.41, 5.74) is 4.37. The van der Waals surface area contributed by atoms with Crippen LogP contribution in [0.25, 0.3) is 0 Å². The minimum Gasteiger partial charge on any atom is -0.319 e. The molecule has 0 radical (unpaired) electrons. The third kappa shape index (κ3) is 4.35. The number of rotatable bonds is 4. The van der Waals surface area contributed by atoms with E-state index in [-0.39, 0.29) is 0 Å². The van der Waals surface area contributed by atoms with E-state index in [1.54, 1.807) is 5.56 Å². The number of aryl methyl sites for hydroxylation is 2. The van der Waals surface area contributed by atoms with Gasteiger partial charge in [0.1, 0.15) is 0 Å². The summed E-state index contributed by atoms with van der Waals surface area (Å²) in [7, 11) is 2.10. The second kappa shape index (κ2) is 7.09. The monoisotopic (exact) mass is 259 g/mol. The number of benzene rings is 1. The Morgan fingerprint density at radius 2 is 1.58 bits per heavy atom. The van der Waals surface area contributed by atoms with Gasteiger partial charge in [-0.1, -0.05) is 48.6 Å². The maximum atomic E-state index is 3.40. The molecule has 1 aliphatic rings. The lowest BCUT2D eigenvalue weighted by Gasteiger charge is -2.25. The smallest absolute Gasteiger partial charge is 0.00208 e. The first-order valence-electron chi connectivity index (χ1n) is 7.91. The molecule has 1 fully saturated rings. The maximum Gasteiger partial charge on any atom is -0.00208 e. The van der Waals surface area contributed by atoms with Crippen LogP contribution in [0.1, 0.15) is 48.8 Å².